The molecule has 0 radical (unpaired) electrons. The molecule has 0 aliphatic heterocycles. The zero-order valence-corrected chi connectivity index (χ0v) is 14.5. The van der Waals surface area contributed by atoms with E-state index in [9.17, 15) is 13.6 Å². The van der Waals surface area contributed by atoms with Gasteiger partial charge in [-0.3, -0.25) is 4.79 Å². The molecule has 0 spiro atoms. The van der Waals surface area contributed by atoms with Crippen LogP contribution in [0.15, 0.2) is 40.9 Å². The summed E-state index contributed by atoms with van der Waals surface area (Å²) in [6.45, 7) is 0.258. The molecule has 8 heteroatoms. The molecule has 0 aliphatic rings. The topological polar surface area (TPSA) is 57.8 Å². The zero-order chi connectivity index (χ0) is 17.3. The lowest BCUT2D eigenvalue weighted by Gasteiger charge is -2.07. The molecule has 0 saturated heterocycles. The summed E-state index contributed by atoms with van der Waals surface area (Å²) in [5, 5.41) is 3.29. The fraction of sp³-hybridized carbons (Fsp3) is 0.125. The number of aromatic nitrogens is 2. The fourth-order valence-corrected chi connectivity index (χ4v) is 2.96. The number of benzene rings is 2. The zero-order valence-electron chi connectivity index (χ0n) is 12.1. The van der Waals surface area contributed by atoms with Crippen molar-refractivity contribution in [2.45, 2.75) is 13.0 Å². The summed E-state index contributed by atoms with van der Waals surface area (Å²) in [6, 6.07) is 9.93. The van der Waals surface area contributed by atoms with Gasteiger partial charge in [-0.1, -0.05) is 33.6 Å². The average molecular weight is 415 g/mol. The lowest BCUT2D eigenvalue weighted by Crippen LogP contribution is -2.22. The Morgan fingerprint density at radius 1 is 1.29 bits per heavy atom. The Hall–Kier alpha value is -1.99. The molecular weight excluding hydrogens is 404 g/mol. The predicted octanol–water partition coefficient (Wildman–Crippen LogP) is 4.85. The quantitative estimate of drug-likeness (QED) is 0.641. The SMILES string of the molecule is O=C(NCc1ccc(Br)cc1Cl)c1ccc2nc(C(F)F)[nH]c2c1. The van der Waals surface area contributed by atoms with Gasteiger partial charge in [-0.15, -0.1) is 0 Å². The van der Waals surface area contributed by atoms with Crippen LogP contribution in [0.2, 0.25) is 5.02 Å². The number of rotatable bonds is 4. The number of carbonyl (C=O) groups is 1. The largest absolute Gasteiger partial charge is 0.348 e. The van der Waals surface area contributed by atoms with Crippen molar-refractivity contribution >= 4 is 44.5 Å². The van der Waals surface area contributed by atoms with Crippen LogP contribution in [0.25, 0.3) is 11.0 Å². The molecule has 124 valence electrons. The first-order valence-electron chi connectivity index (χ1n) is 6.94. The molecule has 4 nitrogen and oxygen atoms in total. The number of amides is 1. The van der Waals surface area contributed by atoms with E-state index in [1.54, 1.807) is 12.1 Å². The molecule has 24 heavy (non-hydrogen) atoms. The van der Waals surface area contributed by atoms with Gasteiger partial charge < -0.3 is 10.3 Å². The molecule has 0 unspecified atom stereocenters. The van der Waals surface area contributed by atoms with E-state index in [0.717, 1.165) is 10.0 Å². The Labute approximate surface area is 149 Å². The average Bonchev–Trinajstić information content (AvgIpc) is 2.97. The van der Waals surface area contributed by atoms with Crippen LogP contribution < -0.4 is 5.32 Å². The molecule has 3 rings (SSSR count). The minimum Gasteiger partial charge on any atom is -0.348 e. The second-order valence-electron chi connectivity index (χ2n) is 5.07. The van der Waals surface area contributed by atoms with Crippen molar-refractivity contribution in [1.29, 1.82) is 0 Å². The molecule has 0 bridgehead atoms. The highest BCUT2D eigenvalue weighted by Gasteiger charge is 2.14. The normalized spacial score (nSPS) is 11.2. The standard InChI is InChI=1S/C16H11BrClF2N3O/c17-10-3-1-9(11(18)6-10)7-21-16(24)8-2-4-12-13(5-8)23-15(22-12)14(19)20/h1-6,14H,7H2,(H,21,24)(H,22,23). The number of nitrogens with one attached hydrogen (secondary N) is 2. The maximum absolute atomic E-state index is 12.7. The van der Waals surface area contributed by atoms with E-state index in [2.05, 4.69) is 31.2 Å². The van der Waals surface area contributed by atoms with Gasteiger partial charge in [0.1, 0.15) is 0 Å². The van der Waals surface area contributed by atoms with Gasteiger partial charge in [0.05, 0.1) is 11.0 Å². The lowest BCUT2D eigenvalue weighted by molar-refractivity contribution is 0.0951. The second kappa shape index (κ2) is 6.86. The van der Waals surface area contributed by atoms with Crippen molar-refractivity contribution in [3.63, 3.8) is 0 Å². The van der Waals surface area contributed by atoms with Crippen LogP contribution in [0, 0.1) is 0 Å². The van der Waals surface area contributed by atoms with Crippen LogP contribution in [0.1, 0.15) is 28.2 Å². The van der Waals surface area contributed by atoms with E-state index in [0.29, 0.717) is 21.6 Å². The lowest BCUT2D eigenvalue weighted by atomic mass is 10.1. The summed E-state index contributed by atoms with van der Waals surface area (Å²) in [5.41, 5.74) is 1.90. The number of fused-ring (bicyclic) bond motifs is 1. The fourth-order valence-electron chi connectivity index (χ4n) is 2.22. The summed E-state index contributed by atoms with van der Waals surface area (Å²) < 4.78 is 26.1. The van der Waals surface area contributed by atoms with Crippen LogP contribution in [0.5, 0.6) is 0 Å². The van der Waals surface area contributed by atoms with Crippen molar-refractivity contribution in [3.05, 3.63) is 62.8 Å². The predicted molar refractivity (Wildman–Crippen MR) is 91.4 cm³/mol. The monoisotopic (exact) mass is 413 g/mol. The third-order valence-electron chi connectivity index (χ3n) is 3.42. The van der Waals surface area contributed by atoms with E-state index in [-0.39, 0.29) is 12.5 Å². The smallest absolute Gasteiger partial charge is 0.295 e. The Morgan fingerprint density at radius 3 is 2.79 bits per heavy atom. The molecule has 0 fully saturated rings. The number of carbonyl (C=O) groups excluding carboxylic acids is 1. The van der Waals surface area contributed by atoms with Gasteiger partial charge in [0, 0.05) is 21.6 Å². The van der Waals surface area contributed by atoms with Crippen LogP contribution in [-0.2, 0) is 6.54 Å². The number of aromatic amines is 1. The molecule has 3 aromatic rings. The van der Waals surface area contributed by atoms with Crippen LogP contribution in [0.4, 0.5) is 8.78 Å². The van der Waals surface area contributed by atoms with Gasteiger partial charge in [0.25, 0.3) is 12.3 Å². The molecule has 1 heterocycles. The number of nitrogens with zero attached hydrogens (tertiary/aromatic N) is 1. The minimum absolute atomic E-state index is 0.258. The van der Waals surface area contributed by atoms with Crippen LogP contribution in [0.3, 0.4) is 0 Å². The Balaban J connectivity index is 1.75. The van der Waals surface area contributed by atoms with Crippen LogP contribution in [-0.4, -0.2) is 15.9 Å². The summed E-state index contributed by atoms with van der Waals surface area (Å²) >= 11 is 9.42. The van der Waals surface area contributed by atoms with Gasteiger partial charge in [-0.25, -0.2) is 13.8 Å². The number of hydrogen-bond acceptors (Lipinski definition) is 2. The van der Waals surface area contributed by atoms with E-state index in [1.165, 1.54) is 18.2 Å². The second-order valence-corrected chi connectivity index (χ2v) is 6.40. The highest BCUT2D eigenvalue weighted by molar-refractivity contribution is 9.10. The molecule has 1 amide bonds. The molecule has 1 aromatic heterocycles. The van der Waals surface area contributed by atoms with E-state index < -0.39 is 12.2 Å². The highest BCUT2D eigenvalue weighted by Crippen LogP contribution is 2.22. The molecule has 0 saturated carbocycles. The summed E-state index contributed by atoms with van der Waals surface area (Å²) in [5.74, 6) is -0.742. The summed E-state index contributed by atoms with van der Waals surface area (Å²) in [6.07, 6.45) is -2.69. The molecule has 0 atom stereocenters. The van der Waals surface area contributed by atoms with Gasteiger partial charge in [-0.2, -0.15) is 0 Å². The summed E-state index contributed by atoms with van der Waals surface area (Å²) in [4.78, 5) is 18.5. The van der Waals surface area contributed by atoms with E-state index >= 15 is 0 Å². The number of imidazole rings is 1. The first kappa shape index (κ1) is 16.9. The third-order valence-corrected chi connectivity index (χ3v) is 4.27. The number of H-pyrrole nitrogens is 1. The van der Waals surface area contributed by atoms with Crippen molar-refractivity contribution in [3.8, 4) is 0 Å². The van der Waals surface area contributed by atoms with Gasteiger partial charge in [0.15, 0.2) is 5.82 Å². The number of halogens is 4. The Kier molecular flexibility index (Phi) is 4.82. The van der Waals surface area contributed by atoms with Crippen molar-refractivity contribution in [1.82, 2.24) is 15.3 Å². The number of alkyl halides is 2. The van der Waals surface area contributed by atoms with E-state index in [4.69, 9.17) is 11.6 Å². The first-order valence-corrected chi connectivity index (χ1v) is 8.11. The number of hydrogen-bond donors (Lipinski definition) is 2. The molecular formula is C16H11BrClF2N3O. The van der Waals surface area contributed by atoms with Gasteiger partial charge in [-0.05, 0) is 35.9 Å². The van der Waals surface area contributed by atoms with E-state index in [1.807, 2.05) is 6.07 Å². The summed E-state index contributed by atoms with van der Waals surface area (Å²) in [7, 11) is 0. The maximum Gasteiger partial charge on any atom is 0.295 e. The first-order chi connectivity index (χ1) is 11.4. The maximum atomic E-state index is 12.7. The van der Waals surface area contributed by atoms with Gasteiger partial charge in [0.2, 0.25) is 0 Å². The van der Waals surface area contributed by atoms with Crippen molar-refractivity contribution in [2.75, 3.05) is 0 Å². The molecule has 2 N–H and O–H groups in total. The van der Waals surface area contributed by atoms with Crippen molar-refractivity contribution < 1.29 is 13.6 Å². The Bertz CT molecular complexity index is 913. The van der Waals surface area contributed by atoms with Crippen LogP contribution >= 0.6 is 27.5 Å². The molecule has 0 aliphatic carbocycles. The third kappa shape index (κ3) is 3.57. The highest BCUT2D eigenvalue weighted by atomic mass is 79.9. The molecule has 2 aromatic carbocycles. The minimum atomic E-state index is -2.69. The van der Waals surface area contributed by atoms with Crippen molar-refractivity contribution in [2.24, 2.45) is 0 Å². The van der Waals surface area contributed by atoms with Gasteiger partial charge >= 0.3 is 0 Å². The Morgan fingerprint density at radius 2 is 2.08 bits per heavy atom.